The Morgan fingerprint density at radius 3 is 2.81 bits per heavy atom. The van der Waals surface area contributed by atoms with Crippen LogP contribution in [0.5, 0.6) is 11.5 Å². The first-order valence-electron chi connectivity index (χ1n) is 6.70. The molecular weight excluding hydrogens is 264 g/mol. The van der Waals surface area contributed by atoms with Crippen LogP contribution in [0.1, 0.15) is 5.56 Å². The fourth-order valence-electron chi connectivity index (χ4n) is 2.31. The van der Waals surface area contributed by atoms with Gasteiger partial charge in [-0.2, -0.15) is 0 Å². The van der Waals surface area contributed by atoms with E-state index in [1.54, 1.807) is 25.4 Å². The first-order chi connectivity index (χ1) is 10.3. The third-order valence-electron chi connectivity index (χ3n) is 3.31. The molecule has 0 aliphatic rings. The lowest BCUT2D eigenvalue weighted by Gasteiger charge is -2.09. The predicted octanol–water partition coefficient (Wildman–Crippen LogP) is 3.31. The smallest absolute Gasteiger partial charge is 0.140 e. The van der Waals surface area contributed by atoms with E-state index in [4.69, 9.17) is 4.74 Å². The van der Waals surface area contributed by atoms with Gasteiger partial charge in [0.05, 0.1) is 7.11 Å². The van der Waals surface area contributed by atoms with Gasteiger partial charge < -0.3 is 14.4 Å². The summed E-state index contributed by atoms with van der Waals surface area (Å²) in [5.74, 6) is 1.95. The van der Waals surface area contributed by atoms with Crippen LogP contribution in [-0.4, -0.2) is 21.8 Å². The van der Waals surface area contributed by atoms with E-state index < -0.39 is 0 Å². The minimum Gasteiger partial charge on any atom is -0.508 e. The van der Waals surface area contributed by atoms with Crippen LogP contribution >= 0.6 is 0 Å². The van der Waals surface area contributed by atoms with Crippen molar-refractivity contribution >= 4 is 0 Å². The summed E-state index contributed by atoms with van der Waals surface area (Å²) >= 11 is 0. The zero-order valence-electron chi connectivity index (χ0n) is 11.7. The molecule has 0 radical (unpaired) electrons. The van der Waals surface area contributed by atoms with Gasteiger partial charge in [0.2, 0.25) is 0 Å². The van der Waals surface area contributed by atoms with Crippen LogP contribution in [0.2, 0.25) is 0 Å². The van der Waals surface area contributed by atoms with Crippen LogP contribution in [0.3, 0.4) is 0 Å². The molecule has 0 bridgehead atoms. The highest BCUT2D eigenvalue weighted by Crippen LogP contribution is 2.23. The predicted molar refractivity (Wildman–Crippen MR) is 81.4 cm³/mol. The molecule has 0 spiro atoms. The van der Waals surface area contributed by atoms with Crippen LogP contribution in [0, 0.1) is 0 Å². The fraction of sp³-hybridized carbons (Fsp3) is 0.118. The topological polar surface area (TPSA) is 47.3 Å². The number of aromatic hydroxyl groups is 1. The van der Waals surface area contributed by atoms with E-state index in [1.165, 1.54) is 0 Å². The standard InChI is InChI=1S/C17H16N2O2/c1-21-16-7-3-5-14(11-16)17-18-8-9-19(17)12-13-4-2-6-15(20)10-13/h2-11,20H,12H2,1H3. The average molecular weight is 280 g/mol. The Balaban J connectivity index is 1.93. The number of benzene rings is 2. The van der Waals surface area contributed by atoms with Crippen molar-refractivity contribution in [3.63, 3.8) is 0 Å². The number of phenolic OH excluding ortho intramolecular Hbond substituents is 1. The largest absolute Gasteiger partial charge is 0.508 e. The van der Waals surface area contributed by atoms with Crippen LogP contribution in [0.25, 0.3) is 11.4 Å². The van der Waals surface area contributed by atoms with E-state index in [0.717, 1.165) is 22.7 Å². The van der Waals surface area contributed by atoms with Crippen LogP contribution in [0.15, 0.2) is 60.9 Å². The molecule has 4 heteroatoms. The van der Waals surface area contributed by atoms with E-state index in [0.29, 0.717) is 6.54 Å². The Hall–Kier alpha value is -2.75. The zero-order valence-corrected chi connectivity index (χ0v) is 11.7. The molecule has 0 aliphatic carbocycles. The Morgan fingerprint density at radius 2 is 2.00 bits per heavy atom. The van der Waals surface area contributed by atoms with Crippen molar-refractivity contribution in [2.24, 2.45) is 0 Å². The number of rotatable bonds is 4. The van der Waals surface area contributed by atoms with Crippen molar-refractivity contribution in [1.82, 2.24) is 9.55 Å². The Kier molecular flexibility index (Phi) is 3.60. The molecule has 0 saturated carbocycles. The summed E-state index contributed by atoms with van der Waals surface area (Å²) in [6, 6.07) is 15.1. The third kappa shape index (κ3) is 2.89. The Bertz CT molecular complexity index is 750. The summed E-state index contributed by atoms with van der Waals surface area (Å²) in [5.41, 5.74) is 2.02. The molecule has 106 valence electrons. The van der Waals surface area contributed by atoms with Gasteiger partial charge in [0, 0.05) is 24.5 Å². The molecule has 0 fully saturated rings. The Morgan fingerprint density at radius 1 is 1.14 bits per heavy atom. The Labute approximate surface area is 123 Å². The summed E-state index contributed by atoms with van der Waals surface area (Å²) in [7, 11) is 1.65. The number of ether oxygens (including phenoxy) is 1. The lowest BCUT2D eigenvalue weighted by molar-refractivity contribution is 0.415. The van der Waals surface area contributed by atoms with Gasteiger partial charge in [-0.25, -0.2) is 4.98 Å². The van der Waals surface area contributed by atoms with Gasteiger partial charge >= 0.3 is 0 Å². The molecule has 0 aliphatic heterocycles. The molecule has 1 N–H and O–H groups in total. The molecule has 21 heavy (non-hydrogen) atoms. The lowest BCUT2D eigenvalue weighted by atomic mass is 10.2. The minimum atomic E-state index is 0.274. The summed E-state index contributed by atoms with van der Waals surface area (Å²) in [5, 5.41) is 9.55. The van der Waals surface area contributed by atoms with Gasteiger partial charge in [-0.15, -0.1) is 0 Å². The number of phenols is 1. The molecule has 4 nitrogen and oxygen atoms in total. The lowest BCUT2D eigenvalue weighted by Crippen LogP contribution is -2.01. The van der Waals surface area contributed by atoms with Crippen LogP contribution in [0.4, 0.5) is 0 Å². The molecule has 0 atom stereocenters. The molecule has 1 heterocycles. The monoisotopic (exact) mass is 280 g/mol. The molecule has 0 amide bonds. The van der Waals surface area contributed by atoms with E-state index in [9.17, 15) is 5.11 Å². The first kappa shape index (κ1) is 13.2. The van der Waals surface area contributed by atoms with Crippen molar-refractivity contribution in [3.05, 3.63) is 66.5 Å². The number of hydrogen-bond donors (Lipinski definition) is 1. The maximum Gasteiger partial charge on any atom is 0.140 e. The van der Waals surface area contributed by atoms with E-state index in [2.05, 4.69) is 4.98 Å². The van der Waals surface area contributed by atoms with Gasteiger partial charge in [0.15, 0.2) is 0 Å². The number of imidazole rings is 1. The normalized spacial score (nSPS) is 10.5. The summed E-state index contributed by atoms with van der Waals surface area (Å²) in [6.07, 6.45) is 3.70. The van der Waals surface area contributed by atoms with Gasteiger partial charge in [-0.1, -0.05) is 24.3 Å². The highest BCUT2D eigenvalue weighted by Gasteiger charge is 2.07. The van der Waals surface area contributed by atoms with Crippen molar-refractivity contribution in [2.45, 2.75) is 6.54 Å². The zero-order chi connectivity index (χ0) is 14.7. The number of hydrogen-bond acceptors (Lipinski definition) is 3. The highest BCUT2D eigenvalue weighted by atomic mass is 16.5. The van der Waals surface area contributed by atoms with Crippen molar-refractivity contribution in [1.29, 1.82) is 0 Å². The highest BCUT2D eigenvalue weighted by molar-refractivity contribution is 5.58. The van der Waals surface area contributed by atoms with Gasteiger partial charge in [-0.3, -0.25) is 0 Å². The van der Waals surface area contributed by atoms with Crippen LogP contribution < -0.4 is 4.74 Å². The second kappa shape index (κ2) is 5.71. The van der Waals surface area contributed by atoms with Crippen molar-refractivity contribution < 1.29 is 9.84 Å². The molecular formula is C17H16N2O2. The van der Waals surface area contributed by atoms with Gasteiger partial charge in [0.1, 0.15) is 17.3 Å². The molecule has 2 aromatic carbocycles. The number of nitrogens with zero attached hydrogens (tertiary/aromatic N) is 2. The van der Waals surface area contributed by atoms with E-state index >= 15 is 0 Å². The molecule has 3 aromatic rings. The molecule has 3 rings (SSSR count). The maximum atomic E-state index is 9.55. The summed E-state index contributed by atoms with van der Waals surface area (Å²) in [4.78, 5) is 4.43. The SMILES string of the molecule is COc1cccc(-c2nccn2Cc2cccc(O)c2)c1. The van der Waals surface area contributed by atoms with Crippen molar-refractivity contribution in [3.8, 4) is 22.9 Å². The molecule has 0 saturated heterocycles. The third-order valence-corrected chi connectivity index (χ3v) is 3.31. The second-order valence-electron chi connectivity index (χ2n) is 4.78. The first-order valence-corrected chi connectivity index (χ1v) is 6.70. The van der Waals surface area contributed by atoms with E-state index in [1.807, 2.05) is 47.2 Å². The van der Waals surface area contributed by atoms with Gasteiger partial charge in [0.25, 0.3) is 0 Å². The maximum absolute atomic E-state index is 9.55. The van der Waals surface area contributed by atoms with E-state index in [-0.39, 0.29) is 5.75 Å². The van der Waals surface area contributed by atoms with Crippen molar-refractivity contribution in [2.75, 3.05) is 7.11 Å². The minimum absolute atomic E-state index is 0.274. The summed E-state index contributed by atoms with van der Waals surface area (Å²) < 4.78 is 7.30. The number of aromatic nitrogens is 2. The number of methoxy groups -OCH3 is 1. The van der Waals surface area contributed by atoms with Crippen LogP contribution in [-0.2, 0) is 6.54 Å². The second-order valence-corrected chi connectivity index (χ2v) is 4.78. The fourth-order valence-corrected chi connectivity index (χ4v) is 2.31. The van der Waals surface area contributed by atoms with Gasteiger partial charge in [-0.05, 0) is 29.8 Å². The quantitative estimate of drug-likeness (QED) is 0.797. The summed E-state index contributed by atoms with van der Waals surface area (Å²) in [6.45, 7) is 0.654. The molecule has 1 aromatic heterocycles. The molecule has 0 unspecified atom stereocenters. The average Bonchev–Trinajstić information content (AvgIpc) is 2.95.